The molecule has 0 aliphatic carbocycles. The molecule has 4 heteroatoms. The van der Waals surface area contributed by atoms with Crippen LogP contribution in [0.25, 0.3) is 0 Å². The van der Waals surface area contributed by atoms with Crippen molar-refractivity contribution in [2.75, 3.05) is 4.90 Å². The Kier molecular flexibility index (Phi) is 6.37. The predicted octanol–water partition coefficient (Wildman–Crippen LogP) is 5.78. The molecule has 0 spiro atoms. The predicted molar refractivity (Wildman–Crippen MR) is 110 cm³/mol. The first-order valence-electron chi connectivity index (χ1n) is 7.97. The maximum atomic E-state index is 12.5. The van der Waals surface area contributed by atoms with Crippen molar-refractivity contribution in [3.05, 3.63) is 83.8 Å². The Balaban J connectivity index is 0.000000701. The Hall–Kier alpha value is -2.59. The molecule has 128 valence electrons. The molecule has 1 fully saturated rings. The molecule has 2 aromatic carbocycles. The normalized spacial score (nSPS) is 15.2. The first kappa shape index (κ1) is 18.7. The summed E-state index contributed by atoms with van der Waals surface area (Å²) in [6.45, 7) is 13.1. The van der Waals surface area contributed by atoms with Gasteiger partial charge in [0.2, 0.25) is 0 Å². The molecule has 3 rings (SSSR count). The topological polar surface area (TPSA) is 32.7 Å². The van der Waals surface area contributed by atoms with Crippen molar-refractivity contribution in [3.63, 3.8) is 0 Å². The van der Waals surface area contributed by atoms with E-state index in [1.807, 2.05) is 69.3 Å². The van der Waals surface area contributed by atoms with Gasteiger partial charge in [-0.15, -0.1) is 6.58 Å². The highest BCUT2D eigenvalue weighted by molar-refractivity contribution is 8.19. The van der Waals surface area contributed by atoms with Crippen LogP contribution in [0, 0.1) is 13.8 Å². The van der Waals surface area contributed by atoms with Crippen molar-refractivity contribution in [2.45, 2.75) is 20.8 Å². The summed E-state index contributed by atoms with van der Waals surface area (Å²) in [5.41, 5.74) is 3.82. The molecule has 2 aromatic rings. The lowest BCUT2D eigenvalue weighted by atomic mass is 10.2. The molecule has 1 saturated heterocycles. The zero-order valence-electron chi connectivity index (χ0n) is 14.8. The quantitative estimate of drug-likeness (QED) is 0.508. The number of nitrogens with zero attached hydrogens (tertiary/aromatic N) is 2. The van der Waals surface area contributed by atoms with E-state index in [9.17, 15) is 4.79 Å². The lowest BCUT2D eigenvalue weighted by molar-refractivity contribution is -0.113. The van der Waals surface area contributed by atoms with Crippen molar-refractivity contribution in [3.8, 4) is 0 Å². The van der Waals surface area contributed by atoms with Crippen LogP contribution in [0.5, 0.6) is 0 Å². The number of aliphatic imine (C=N–C) groups is 1. The number of anilines is 1. The molecule has 0 unspecified atom stereocenters. The molecule has 0 aromatic heterocycles. The number of thioether (sulfide) groups is 1. The number of carbonyl (C=O) groups is 1. The lowest BCUT2D eigenvalue weighted by Crippen LogP contribution is -2.29. The average Bonchev–Trinajstić information content (AvgIpc) is 2.85. The van der Waals surface area contributed by atoms with Crippen LogP contribution in [-0.2, 0) is 4.79 Å². The maximum absolute atomic E-state index is 12.5. The molecular formula is C21H22N2OS. The Morgan fingerprint density at radius 2 is 1.60 bits per heavy atom. The highest BCUT2D eigenvalue weighted by Gasteiger charge is 2.34. The maximum Gasteiger partial charge on any atom is 0.270 e. The average molecular weight is 350 g/mol. The third kappa shape index (κ3) is 4.28. The van der Waals surface area contributed by atoms with Crippen LogP contribution in [0.3, 0.4) is 0 Å². The van der Waals surface area contributed by atoms with Crippen LogP contribution in [-0.4, -0.2) is 11.1 Å². The molecule has 0 atom stereocenters. The minimum atomic E-state index is -0.105. The van der Waals surface area contributed by atoms with Gasteiger partial charge in [0, 0.05) is 0 Å². The van der Waals surface area contributed by atoms with Crippen LogP contribution in [0.1, 0.15) is 18.1 Å². The summed E-state index contributed by atoms with van der Waals surface area (Å²) in [7, 11) is 0. The standard InChI is InChI=1S/C18H16N2OS.C3H6/c1-12-8-4-6-10-15(12)19-18-20(17(21)14(3)22-18)16-11-7-5-9-13(16)2;1-3-2/h4-11H,3H2,1-2H3;3H,1H2,2H3. The number of amides is 1. The van der Waals surface area contributed by atoms with Gasteiger partial charge in [-0.3, -0.25) is 9.69 Å². The second-order valence-electron chi connectivity index (χ2n) is 5.54. The van der Waals surface area contributed by atoms with E-state index in [1.165, 1.54) is 11.8 Å². The fourth-order valence-corrected chi connectivity index (χ4v) is 3.12. The summed E-state index contributed by atoms with van der Waals surface area (Å²) in [5.74, 6) is -0.105. The summed E-state index contributed by atoms with van der Waals surface area (Å²) in [6.07, 6.45) is 1.75. The number of hydrogen-bond donors (Lipinski definition) is 0. The van der Waals surface area contributed by atoms with Gasteiger partial charge >= 0.3 is 0 Å². The zero-order valence-corrected chi connectivity index (χ0v) is 15.6. The van der Waals surface area contributed by atoms with Crippen LogP contribution in [0.2, 0.25) is 0 Å². The van der Waals surface area contributed by atoms with E-state index in [1.54, 1.807) is 11.0 Å². The fraction of sp³-hybridized carbons (Fsp3) is 0.143. The number of amidine groups is 1. The smallest absolute Gasteiger partial charge is 0.268 e. The molecule has 1 heterocycles. The van der Waals surface area contributed by atoms with E-state index < -0.39 is 0 Å². The summed E-state index contributed by atoms with van der Waals surface area (Å²) >= 11 is 1.32. The van der Waals surface area contributed by atoms with Crippen LogP contribution in [0.15, 0.2) is 77.7 Å². The number of rotatable bonds is 2. The Morgan fingerprint density at radius 1 is 1.04 bits per heavy atom. The number of carbonyl (C=O) groups excluding carboxylic acids is 1. The van der Waals surface area contributed by atoms with E-state index in [-0.39, 0.29) is 5.91 Å². The lowest BCUT2D eigenvalue weighted by Gasteiger charge is -2.18. The summed E-state index contributed by atoms with van der Waals surface area (Å²) in [6, 6.07) is 15.7. The van der Waals surface area contributed by atoms with Gasteiger partial charge in [0.25, 0.3) is 5.91 Å². The van der Waals surface area contributed by atoms with Crippen molar-refractivity contribution in [1.29, 1.82) is 0 Å². The van der Waals surface area contributed by atoms with Gasteiger partial charge in [0.15, 0.2) is 5.17 Å². The van der Waals surface area contributed by atoms with E-state index in [0.717, 1.165) is 22.5 Å². The summed E-state index contributed by atoms with van der Waals surface area (Å²) in [5, 5.41) is 0.651. The summed E-state index contributed by atoms with van der Waals surface area (Å²) in [4.78, 5) is 19.3. The minimum Gasteiger partial charge on any atom is -0.268 e. The van der Waals surface area contributed by atoms with Crippen LogP contribution < -0.4 is 4.90 Å². The molecule has 0 radical (unpaired) electrons. The number of para-hydroxylation sites is 2. The first-order chi connectivity index (χ1) is 12.0. The largest absolute Gasteiger partial charge is 0.270 e. The van der Waals surface area contributed by atoms with Crippen molar-refractivity contribution >= 4 is 34.2 Å². The highest BCUT2D eigenvalue weighted by atomic mass is 32.2. The van der Waals surface area contributed by atoms with Gasteiger partial charge in [-0.1, -0.05) is 49.1 Å². The molecular weight excluding hydrogens is 328 g/mol. The molecule has 1 aliphatic heterocycles. The van der Waals surface area contributed by atoms with Crippen molar-refractivity contribution in [1.82, 2.24) is 0 Å². The Labute approximate surface area is 153 Å². The van der Waals surface area contributed by atoms with E-state index in [2.05, 4.69) is 18.2 Å². The van der Waals surface area contributed by atoms with Gasteiger partial charge < -0.3 is 0 Å². The molecule has 0 saturated carbocycles. The third-order valence-corrected chi connectivity index (χ3v) is 4.41. The SMILES string of the molecule is C=C1SC(=Nc2ccccc2C)N(c2ccccc2C)C1=O.C=CC. The van der Waals surface area contributed by atoms with E-state index in [4.69, 9.17) is 0 Å². The van der Waals surface area contributed by atoms with Gasteiger partial charge in [-0.05, 0) is 55.8 Å². The summed E-state index contributed by atoms with van der Waals surface area (Å²) < 4.78 is 0. The van der Waals surface area contributed by atoms with E-state index in [0.29, 0.717) is 10.1 Å². The fourth-order valence-electron chi connectivity index (χ4n) is 2.30. The van der Waals surface area contributed by atoms with Crippen molar-refractivity contribution < 1.29 is 4.79 Å². The monoisotopic (exact) mass is 350 g/mol. The molecule has 3 nitrogen and oxygen atoms in total. The van der Waals surface area contributed by atoms with Crippen LogP contribution >= 0.6 is 11.8 Å². The number of benzene rings is 2. The second-order valence-corrected chi connectivity index (χ2v) is 6.60. The molecule has 0 N–H and O–H groups in total. The molecule has 1 amide bonds. The van der Waals surface area contributed by atoms with Gasteiger partial charge in [0.05, 0.1) is 16.3 Å². The molecule has 0 bridgehead atoms. The van der Waals surface area contributed by atoms with Crippen molar-refractivity contribution in [2.24, 2.45) is 4.99 Å². The molecule has 25 heavy (non-hydrogen) atoms. The van der Waals surface area contributed by atoms with Gasteiger partial charge in [-0.25, -0.2) is 4.99 Å². The Bertz CT molecular complexity index is 839. The zero-order chi connectivity index (χ0) is 18.4. The second kappa shape index (κ2) is 8.49. The minimum absolute atomic E-state index is 0.105. The van der Waals surface area contributed by atoms with Gasteiger partial charge in [-0.2, -0.15) is 0 Å². The number of allylic oxidation sites excluding steroid dienone is 1. The first-order valence-corrected chi connectivity index (χ1v) is 8.79. The van der Waals surface area contributed by atoms with Gasteiger partial charge in [0.1, 0.15) is 0 Å². The number of aryl methyl sites for hydroxylation is 2. The third-order valence-electron chi connectivity index (χ3n) is 3.54. The van der Waals surface area contributed by atoms with E-state index >= 15 is 0 Å². The molecule has 1 aliphatic rings. The highest BCUT2D eigenvalue weighted by Crippen LogP contribution is 2.36. The number of hydrogen-bond acceptors (Lipinski definition) is 3. The van der Waals surface area contributed by atoms with Crippen LogP contribution in [0.4, 0.5) is 11.4 Å². The Morgan fingerprint density at radius 3 is 2.20 bits per heavy atom.